The Morgan fingerprint density at radius 2 is 1.55 bits per heavy atom. The van der Waals surface area contributed by atoms with E-state index >= 15 is 0 Å². The molecule has 1 aliphatic heterocycles. The highest BCUT2D eigenvalue weighted by Gasteiger charge is 2.22. The third-order valence-electron chi connectivity index (χ3n) is 5.93. The standard InChI is InChI=1S/C26H26N6O/c1-19(33)28-21-11-12-25(27-18-21)31-13-15-32(16-14-31)26-23-10-6-5-9-22(23)24(29-30-26)17-20-7-3-2-4-8-20/h2-12,18H,13-17H2,1H3,(H,28,33). The second-order valence-electron chi connectivity index (χ2n) is 8.24. The maximum atomic E-state index is 11.2. The third kappa shape index (κ3) is 4.62. The highest BCUT2D eigenvalue weighted by atomic mass is 16.1. The zero-order valence-corrected chi connectivity index (χ0v) is 18.6. The molecule has 0 spiro atoms. The Morgan fingerprint density at radius 1 is 0.848 bits per heavy atom. The molecular formula is C26H26N6O. The summed E-state index contributed by atoms with van der Waals surface area (Å²) in [6, 6.07) is 22.7. The van der Waals surface area contributed by atoms with Crippen molar-refractivity contribution in [2.24, 2.45) is 0 Å². The number of benzene rings is 2. The van der Waals surface area contributed by atoms with Gasteiger partial charge in [0.2, 0.25) is 5.91 Å². The molecule has 0 bridgehead atoms. The average molecular weight is 439 g/mol. The first kappa shape index (κ1) is 20.9. The number of carbonyl (C=O) groups is 1. The number of hydrogen-bond acceptors (Lipinski definition) is 6. The van der Waals surface area contributed by atoms with Crippen LogP contribution >= 0.6 is 0 Å². The number of amides is 1. The summed E-state index contributed by atoms with van der Waals surface area (Å²) in [7, 11) is 0. The summed E-state index contributed by atoms with van der Waals surface area (Å²) < 4.78 is 0. The van der Waals surface area contributed by atoms with E-state index in [1.54, 1.807) is 6.20 Å². The first-order valence-electron chi connectivity index (χ1n) is 11.2. The van der Waals surface area contributed by atoms with Crippen molar-refractivity contribution in [1.29, 1.82) is 0 Å². The van der Waals surface area contributed by atoms with Gasteiger partial charge in [-0.1, -0.05) is 54.6 Å². The minimum atomic E-state index is -0.0960. The molecule has 33 heavy (non-hydrogen) atoms. The molecule has 0 saturated carbocycles. The number of pyridine rings is 1. The second kappa shape index (κ2) is 9.24. The predicted molar refractivity (Wildman–Crippen MR) is 132 cm³/mol. The molecule has 1 aliphatic rings. The fourth-order valence-corrected chi connectivity index (χ4v) is 4.30. The van der Waals surface area contributed by atoms with Gasteiger partial charge in [-0.25, -0.2) is 4.98 Å². The van der Waals surface area contributed by atoms with E-state index in [2.05, 4.69) is 78.8 Å². The fourth-order valence-electron chi connectivity index (χ4n) is 4.30. The summed E-state index contributed by atoms with van der Waals surface area (Å²) in [6.07, 6.45) is 2.47. The van der Waals surface area contributed by atoms with E-state index in [9.17, 15) is 4.79 Å². The van der Waals surface area contributed by atoms with Gasteiger partial charge in [-0.3, -0.25) is 4.79 Å². The van der Waals surface area contributed by atoms with Gasteiger partial charge < -0.3 is 15.1 Å². The lowest BCUT2D eigenvalue weighted by molar-refractivity contribution is -0.114. The van der Waals surface area contributed by atoms with Crippen molar-refractivity contribution in [2.45, 2.75) is 13.3 Å². The lowest BCUT2D eigenvalue weighted by Crippen LogP contribution is -2.47. The molecular weight excluding hydrogens is 412 g/mol. The number of anilines is 3. The van der Waals surface area contributed by atoms with Crippen molar-refractivity contribution in [2.75, 3.05) is 41.3 Å². The average Bonchev–Trinajstić information content (AvgIpc) is 2.85. The summed E-state index contributed by atoms with van der Waals surface area (Å²) in [5.41, 5.74) is 2.94. The molecule has 0 atom stereocenters. The second-order valence-corrected chi connectivity index (χ2v) is 8.24. The molecule has 4 aromatic rings. The van der Waals surface area contributed by atoms with Crippen LogP contribution in [-0.4, -0.2) is 47.3 Å². The van der Waals surface area contributed by atoms with Gasteiger partial charge in [0.25, 0.3) is 0 Å². The Morgan fingerprint density at radius 3 is 2.24 bits per heavy atom. The summed E-state index contributed by atoms with van der Waals surface area (Å²) in [6.45, 7) is 4.86. The number of aromatic nitrogens is 3. The Labute approximate surface area is 193 Å². The smallest absolute Gasteiger partial charge is 0.221 e. The number of rotatable bonds is 5. The first-order chi connectivity index (χ1) is 16.2. The van der Waals surface area contributed by atoms with E-state index in [0.717, 1.165) is 60.7 Å². The van der Waals surface area contributed by atoms with E-state index < -0.39 is 0 Å². The van der Waals surface area contributed by atoms with Gasteiger partial charge in [0.1, 0.15) is 5.82 Å². The molecule has 0 radical (unpaired) electrons. The van der Waals surface area contributed by atoms with Crippen molar-refractivity contribution in [1.82, 2.24) is 15.2 Å². The fraction of sp³-hybridized carbons (Fsp3) is 0.231. The molecule has 7 nitrogen and oxygen atoms in total. The summed E-state index contributed by atoms with van der Waals surface area (Å²) >= 11 is 0. The number of carbonyl (C=O) groups excluding carboxylic acids is 1. The molecule has 7 heteroatoms. The molecule has 1 N–H and O–H groups in total. The third-order valence-corrected chi connectivity index (χ3v) is 5.93. The van der Waals surface area contributed by atoms with Gasteiger partial charge in [0.15, 0.2) is 5.82 Å². The van der Waals surface area contributed by atoms with Gasteiger partial charge in [-0.2, -0.15) is 5.10 Å². The van der Waals surface area contributed by atoms with Gasteiger partial charge >= 0.3 is 0 Å². The SMILES string of the molecule is CC(=O)Nc1ccc(N2CCN(c3nnc(Cc4ccccc4)c4ccccc34)CC2)nc1. The van der Waals surface area contributed by atoms with Crippen LogP contribution in [-0.2, 0) is 11.2 Å². The number of nitrogens with one attached hydrogen (secondary N) is 1. The molecule has 5 rings (SSSR count). The van der Waals surface area contributed by atoms with Crippen LogP contribution in [0.3, 0.4) is 0 Å². The lowest BCUT2D eigenvalue weighted by atomic mass is 10.0. The quantitative estimate of drug-likeness (QED) is 0.509. The lowest BCUT2D eigenvalue weighted by Gasteiger charge is -2.36. The molecule has 166 valence electrons. The Hall–Kier alpha value is -4.00. The molecule has 1 fully saturated rings. The summed E-state index contributed by atoms with van der Waals surface area (Å²) in [4.78, 5) is 20.3. The van der Waals surface area contributed by atoms with Gasteiger partial charge in [-0.15, -0.1) is 5.10 Å². The molecule has 2 aromatic heterocycles. The van der Waals surface area contributed by atoms with Crippen LogP contribution in [0.1, 0.15) is 18.2 Å². The van der Waals surface area contributed by atoms with Crippen LogP contribution < -0.4 is 15.1 Å². The largest absolute Gasteiger partial charge is 0.353 e. The van der Waals surface area contributed by atoms with Gasteiger partial charge in [-0.05, 0) is 17.7 Å². The Bertz CT molecular complexity index is 1250. The minimum Gasteiger partial charge on any atom is -0.353 e. The normalized spacial score (nSPS) is 13.8. The van der Waals surface area contributed by atoms with Crippen LogP contribution in [0, 0.1) is 0 Å². The number of piperazine rings is 1. The van der Waals surface area contributed by atoms with Crippen LogP contribution in [0.4, 0.5) is 17.3 Å². The maximum Gasteiger partial charge on any atom is 0.221 e. The van der Waals surface area contributed by atoms with Crippen molar-refractivity contribution >= 4 is 34.0 Å². The minimum absolute atomic E-state index is 0.0960. The molecule has 3 heterocycles. The zero-order valence-electron chi connectivity index (χ0n) is 18.6. The van der Waals surface area contributed by atoms with Crippen molar-refractivity contribution in [3.63, 3.8) is 0 Å². The Kier molecular flexibility index (Phi) is 5.85. The van der Waals surface area contributed by atoms with Crippen LogP contribution in [0.15, 0.2) is 72.9 Å². The molecule has 0 unspecified atom stereocenters. The van der Waals surface area contributed by atoms with Crippen LogP contribution in [0.2, 0.25) is 0 Å². The molecule has 2 aromatic carbocycles. The van der Waals surface area contributed by atoms with Crippen LogP contribution in [0.25, 0.3) is 10.8 Å². The number of nitrogens with zero attached hydrogens (tertiary/aromatic N) is 5. The highest BCUT2D eigenvalue weighted by molar-refractivity contribution is 5.93. The summed E-state index contributed by atoms with van der Waals surface area (Å²) in [5, 5.41) is 14.4. The Balaban J connectivity index is 1.32. The highest BCUT2D eigenvalue weighted by Crippen LogP contribution is 2.28. The van der Waals surface area contributed by atoms with Gasteiger partial charge in [0, 0.05) is 50.3 Å². The topological polar surface area (TPSA) is 74.2 Å². The van der Waals surface area contributed by atoms with Crippen molar-refractivity contribution in [3.8, 4) is 0 Å². The molecule has 1 amide bonds. The van der Waals surface area contributed by atoms with Crippen molar-refractivity contribution in [3.05, 3.63) is 84.2 Å². The summed E-state index contributed by atoms with van der Waals surface area (Å²) in [5.74, 6) is 1.76. The van der Waals surface area contributed by atoms with Gasteiger partial charge in [0.05, 0.1) is 17.6 Å². The monoisotopic (exact) mass is 438 g/mol. The molecule has 1 saturated heterocycles. The van der Waals surface area contributed by atoms with E-state index in [-0.39, 0.29) is 5.91 Å². The van der Waals surface area contributed by atoms with E-state index in [4.69, 9.17) is 0 Å². The molecule has 0 aliphatic carbocycles. The van der Waals surface area contributed by atoms with E-state index in [1.165, 1.54) is 12.5 Å². The van der Waals surface area contributed by atoms with Crippen molar-refractivity contribution < 1.29 is 4.79 Å². The predicted octanol–water partition coefficient (Wildman–Crippen LogP) is 3.90. The van der Waals surface area contributed by atoms with E-state index in [1.807, 2.05) is 18.2 Å². The number of fused-ring (bicyclic) bond motifs is 1. The van der Waals surface area contributed by atoms with Crippen LogP contribution in [0.5, 0.6) is 0 Å². The first-order valence-corrected chi connectivity index (χ1v) is 11.2. The number of hydrogen-bond donors (Lipinski definition) is 1. The van der Waals surface area contributed by atoms with E-state index in [0.29, 0.717) is 5.69 Å². The zero-order chi connectivity index (χ0) is 22.6. The maximum absolute atomic E-state index is 11.2.